The highest BCUT2D eigenvalue weighted by Gasteiger charge is 2.33. The Balaban J connectivity index is 1.29. The van der Waals surface area contributed by atoms with Gasteiger partial charge >= 0.3 is 6.18 Å². The molecule has 1 fully saturated rings. The second-order valence-electron chi connectivity index (χ2n) is 7.77. The first-order valence-corrected chi connectivity index (χ1v) is 10.1. The number of aliphatic hydroxyl groups is 1. The third kappa shape index (κ3) is 4.83. The van der Waals surface area contributed by atoms with Crippen molar-refractivity contribution in [2.24, 2.45) is 0 Å². The molecule has 0 bridgehead atoms. The van der Waals surface area contributed by atoms with Crippen LogP contribution in [0, 0.1) is 0 Å². The van der Waals surface area contributed by atoms with Crippen LogP contribution in [0.25, 0.3) is 11.0 Å². The third-order valence-corrected chi connectivity index (χ3v) is 5.59. The predicted octanol–water partition coefficient (Wildman–Crippen LogP) is 3.23. The Morgan fingerprint density at radius 2 is 1.57 bits per heavy atom. The predicted molar refractivity (Wildman–Crippen MR) is 109 cm³/mol. The first-order chi connectivity index (χ1) is 14.4. The number of aliphatic hydroxyl groups excluding tert-OH is 1. The van der Waals surface area contributed by atoms with Gasteiger partial charge in [-0.1, -0.05) is 30.3 Å². The van der Waals surface area contributed by atoms with Crippen LogP contribution in [0.1, 0.15) is 11.1 Å². The van der Waals surface area contributed by atoms with Gasteiger partial charge in [-0.15, -0.1) is 0 Å². The summed E-state index contributed by atoms with van der Waals surface area (Å²) in [6.45, 7) is 4.05. The average molecular weight is 418 g/mol. The third-order valence-electron chi connectivity index (χ3n) is 5.59. The summed E-state index contributed by atoms with van der Waals surface area (Å²) in [6.07, 6.45) is -3.13. The highest BCUT2D eigenvalue weighted by molar-refractivity contribution is 5.74. The Morgan fingerprint density at radius 1 is 0.900 bits per heavy atom. The molecule has 0 aliphatic carbocycles. The number of benzene rings is 2. The van der Waals surface area contributed by atoms with E-state index < -0.39 is 17.8 Å². The van der Waals surface area contributed by atoms with Crippen molar-refractivity contribution in [1.29, 1.82) is 0 Å². The SMILES string of the molecule is OC(CN1CCN(Cc2ccccc2C(F)(F)F)CC1)Cn1cnc2ccccc21. The van der Waals surface area contributed by atoms with Crippen molar-refractivity contribution in [2.45, 2.75) is 25.4 Å². The highest BCUT2D eigenvalue weighted by Crippen LogP contribution is 2.32. The molecule has 1 atom stereocenters. The number of piperazine rings is 1. The molecule has 8 heteroatoms. The van der Waals surface area contributed by atoms with Crippen LogP contribution in [0.3, 0.4) is 0 Å². The van der Waals surface area contributed by atoms with Crippen LogP contribution >= 0.6 is 0 Å². The molecule has 0 spiro atoms. The molecule has 2 aromatic carbocycles. The second kappa shape index (κ2) is 8.75. The number of hydrogen-bond acceptors (Lipinski definition) is 4. The van der Waals surface area contributed by atoms with E-state index in [0.29, 0.717) is 31.7 Å². The molecule has 160 valence electrons. The number of halogens is 3. The van der Waals surface area contributed by atoms with Crippen molar-refractivity contribution in [2.75, 3.05) is 32.7 Å². The fraction of sp³-hybridized carbons (Fsp3) is 0.409. The molecule has 5 nitrogen and oxygen atoms in total. The first-order valence-electron chi connectivity index (χ1n) is 10.1. The summed E-state index contributed by atoms with van der Waals surface area (Å²) in [5.41, 5.74) is 1.64. The topological polar surface area (TPSA) is 44.5 Å². The van der Waals surface area contributed by atoms with E-state index in [1.807, 2.05) is 33.7 Å². The number of fused-ring (bicyclic) bond motifs is 1. The van der Waals surface area contributed by atoms with Crippen LogP contribution in [0.2, 0.25) is 0 Å². The molecule has 1 aliphatic rings. The number of para-hydroxylation sites is 2. The number of rotatable bonds is 6. The maximum absolute atomic E-state index is 13.2. The van der Waals surface area contributed by atoms with E-state index >= 15 is 0 Å². The van der Waals surface area contributed by atoms with Crippen molar-refractivity contribution in [1.82, 2.24) is 19.4 Å². The molecular weight excluding hydrogens is 393 g/mol. The lowest BCUT2D eigenvalue weighted by molar-refractivity contribution is -0.138. The lowest BCUT2D eigenvalue weighted by atomic mass is 10.1. The average Bonchev–Trinajstić information content (AvgIpc) is 3.12. The van der Waals surface area contributed by atoms with Crippen LogP contribution in [-0.4, -0.2) is 63.3 Å². The second-order valence-corrected chi connectivity index (χ2v) is 7.77. The van der Waals surface area contributed by atoms with Crippen molar-refractivity contribution < 1.29 is 18.3 Å². The van der Waals surface area contributed by atoms with Crippen molar-refractivity contribution >= 4 is 11.0 Å². The number of hydrogen-bond donors (Lipinski definition) is 1. The smallest absolute Gasteiger partial charge is 0.390 e. The summed E-state index contributed by atoms with van der Waals surface area (Å²) in [5, 5.41) is 10.5. The number of imidazole rings is 1. The monoisotopic (exact) mass is 418 g/mol. The van der Waals surface area contributed by atoms with Crippen molar-refractivity contribution in [3.8, 4) is 0 Å². The van der Waals surface area contributed by atoms with Gasteiger partial charge in [-0.2, -0.15) is 13.2 Å². The Bertz CT molecular complexity index is 980. The molecule has 30 heavy (non-hydrogen) atoms. The van der Waals surface area contributed by atoms with E-state index in [1.165, 1.54) is 6.07 Å². The van der Waals surface area contributed by atoms with Gasteiger partial charge in [0.2, 0.25) is 0 Å². The molecule has 4 rings (SSSR count). The molecule has 1 unspecified atom stereocenters. The molecule has 1 aromatic heterocycles. The van der Waals surface area contributed by atoms with Crippen LogP contribution in [0.4, 0.5) is 13.2 Å². The van der Waals surface area contributed by atoms with E-state index in [-0.39, 0.29) is 6.54 Å². The van der Waals surface area contributed by atoms with Crippen molar-refractivity contribution in [3.05, 3.63) is 66.0 Å². The maximum atomic E-state index is 13.2. The van der Waals surface area contributed by atoms with Gasteiger partial charge in [-0.3, -0.25) is 9.80 Å². The fourth-order valence-corrected chi connectivity index (χ4v) is 4.04. The van der Waals surface area contributed by atoms with Crippen LogP contribution in [0.15, 0.2) is 54.9 Å². The minimum atomic E-state index is -4.33. The lowest BCUT2D eigenvalue weighted by Gasteiger charge is -2.36. The summed E-state index contributed by atoms with van der Waals surface area (Å²) in [4.78, 5) is 8.55. The van der Waals surface area contributed by atoms with Gasteiger partial charge in [-0.05, 0) is 23.8 Å². The van der Waals surface area contributed by atoms with Gasteiger partial charge in [-0.25, -0.2) is 4.98 Å². The molecule has 0 radical (unpaired) electrons. The summed E-state index contributed by atoms with van der Waals surface area (Å²) in [7, 11) is 0. The summed E-state index contributed by atoms with van der Waals surface area (Å²) in [6, 6.07) is 13.6. The molecule has 0 saturated carbocycles. The molecule has 2 heterocycles. The Hall–Kier alpha value is -2.42. The maximum Gasteiger partial charge on any atom is 0.416 e. The Kier molecular flexibility index (Phi) is 6.08. The Morgan fingerprint density at radius 3 is 2.33 bits per heavy atom. The number of alkyl halides is 3. The number of nitrogens with zero attached hydrogens (tertiary/aromatic N) is 4. The first kappa shape index (κ1) is 20.8. The molecule has 0 amide bonds. The van der Waals surface area contributed by atoms with Gasteiger partial charge in [0.1, 0.15) is 0 Å². The summed E-state index contributed by atoms with van der Waals surface area (Å²) >= 11 is 0. The lowest BCUT2D eigenvalue weighted by Crippen LogP contribution is -2.48. The van der Waals surface area contributed by atoms with E-state index in [0.717, 1.165) is 30.2 Å². The number of aromatic nitrogens is 2. The zero-order valence-corrected chi connectivity index (χ0v) is 16.6. The summed E-state index contributed by atoms with van der Waals surface area (Å²) < 4.78 is 41.5. The molecular formula is C22H25F3N4O. The quantitative estimate of drug-likeness (QED) is 0.668. The minimum absolute atomic E-state index is 0.285. The van der Waals surface area contributed by atoms with Gasteiger partial charge in [0.25, 0.3) is 0 Å². The summed E-state index contributed by atoms with van der Waals surface area (Å²) in [5.74, 6) is 0. The molecule has 1 N–H and O–H groups in total. The van der Waals surface area contributed by atoms with E-state index in [1.54, 1.807) is 18.5 Å². The van der Waals surface area contributed by atoms with Crippen LogP contribution in [0.5, 0.6) is 0 Å². The van der Waals surface area contributed by atoms with Gasteiger partial charge < -0.3 is 9.67 Å². The molecule has 3 aromatic rings. The van der Waals surface area contributed by atoms with E-state index in [4.69, 9.17) is 0 Å². The normalized spacial score (nSPS) is 17.5. The zero-order chi connectivity index (χ0) is 21.1. The van der Waals surface area contributed by atoms with Gasteiger partial charge in [0.05, 0.1) is 35.6 Å². The largest absolute Gasteiger partial charge is 0.416 e. The van der Waals surface area contributed by atoms with Crippen molar-refractivity contribution in [3.63, 3.8) is 0 Å². The molecule has 1 saturated heterocycles. The Labute approximate surface area is 173 Å². The highest BCUT2D eigenvalue weighted by atomic mass is 19.4. The van der Waals surface area contributed by atoms with Crippen LogP contribution < -0.4 is 0 Å². The fourth-order valence-electron chi connectivity index (χ4n) is 4.04. The molecule has 1 aliphatic heterocycles. The van der Waals surface area contributed by atoms with Crippen LogP contribution in [-0.2, 0) is 19.3 Å². The number of β-amino-alcohol motifs (C(OH)–C–C–N with tert-alkyl or cyclic N) is 1. The van der Waals surface area contributed by atoms with E-state index in [9.17, 15) is 18.3 Å². The van der Waals surface area contributed by atoms with Gasteiger partial charge in [0.15, 0.2) is 0 Å². The zero-order valence-electron chi connectivity index (χ0n) is 16.6. The van der Waals surface area contributed by atoms with E-state index in [2.05, 4.69) is 9.88 Å². The van der Waals surface area contributed by atoms with Gasteiger partial charge in [0, 0.05) is 39.3 Å². The minimum Gasteiger partial charge on any atom is -0.390 e. The standard InChI is InChI=1S/C22H25F3N4O/c23-22(24,25)19-6-2-1-5-17(19)13-27-9-11-28(12-10-27)14-18(30)15-29-16-26-20-7-3-4-8-21(20)29/h1-8,16,18,30H,9-15H2.